The van der Waals surface area contributed by atoms with Crippen molar-refractivity contribution in [3.8, 4) is 11.5 Å². The third-order valence-corrected chi connectivity index (χ3v) is 8.51. The van der Waals surface area contributed by atoms with Gasteiger partial charge < -0.3 is 14.8 Å². The Morgan fingerprint density at radius 1 is 0.923 bits per heavy atom. The molecule has 0 spiro atoms. The first-order chi connectivity index (χ1) is 18.3. The first-order valence-electron chi connectivity index (χ1n) is 11.7. The molecule has 0 aromatic heterocycles. The fourth-order valence-electron chi connectivity index (χ4n) is 3.73. The number of hydrogen-bond acceptors (Lipinski definition) is 7. The second-order valence-corrected chi connectivity index (χ2v) is 12.6. The summed E-state index contributed by atoms with van der Waals surface area (Å²) in [6.45, 7) is 1.89. The third-order valence-electron chi connectivity index (χ3n) is 5.64. The Kier molecular flexibility index (Phi) is 9.70. The second-order valence-electron chi connectivity index (χ2n) is 8.64. The number of amides is 1. The quantitative estimate of drug-likeness (QED) is 0.311. The van der Waals surface area contributed by atoms with Gasteiger partial charge in [0.2, 0.25) is 15.9 Å². The van der Waals surface area contributed by atoms with E-state index in [0.717, 1.165) is 11.8 Å². The maximum atomic E-state index is 12.9. The lowest BCUT2D eigenvalue weighted by Gasteiger charge is -2.23. The van der Waals surface area contributed by atoms with Crippen molar-refractivity contribution in [2.75, 3.05) is 41.4 Å². The second kappa shape index (κ2) is 12.6. The summed E-state index contributed by atoms with van der Waals surface area (Å²) in [5.41, 5.74) is 1.93. The summed E-state index contributed by atoms with van der Waals surface area (Å²) in [5, 5.41) is 2.96. The molecule has 3 rings (SSSR count). The minimum Gasteiger partial charge on any atom is -0.495 e. The highest BCUT2D eigenvalue weighted by molar-refractivity contribution is 7.92. The van der Waals surface area contributed by atoms with Crippen molar-refractivity contribution in [2.24, 2.45) is 0 Å². The fraction of sp³-hybridized carbons (Fsp3) is 0.269. The number of carbonyl (C=O) groups excluding carboxylic acids is 1. The van der Waals surface area contributed by atoms with E-state index in [9.17, 15) is 21.6 Å². The van der Waals surface area contributed by atoms with Gasteiger partial charge in [0.05, 0.1) is 41.8 Å². The molecule has 0 saturated carbocycles. The molecule has 1 amide bonds. The molecule has 0 radical (unpaired) electrons. The van der Waals surface area contributed by atoms with Crippen LogP contribution in [0.25, 0.3) is 0 Å². The molecule has 0 aliphatic carbocycles. The predicted octanol–water partition coefficient (Wildman–Crippen LogP) is 4.65. The molecule has 0 bridgehead atoms. The molecule has 3 aromatic rings. The van der Waals surface area contributed by atoms with E-state index in [4.69, 9.17) is 21.1 Å². The number of hydrogen-bond donors (Lipinski definition) is 2. The van der Waals surface area contributed by atoms with E-state index >= 15 is 0 Å². The highest BCUT2D eigenvalue weighted by Crippen LogP contribution is 2.31. The average Bonchev–Trinajstić information content (AvgIpc) is 2.86. The van der Waals surface area contributed by atoms with Crippen LogP contribution in [-0.4, -0.2) is 49.8 Å². The van der Waals surface area contributed by atoms with E-state index in [1.165, 1.54) is 48.9 Å². The van der Waals surface area contributed by atoms with Crippen LogP contribution in [0, 0.1) is 6.92 Å². The molecule has 2 N–H and O–H groups in total. The summed E-state index contributed by atoms with van der Waals surface area (Å²) in [4.78, 5) is 12.5. The highest BCUT2D eigenvalue weighted by Gasteiger charge is 2.20. The van der Waals surface area contributed by atoms with E-state index < -0.39 is 20.0 Å². The van der Waals surface area contributed by atoms with Crippen molar-refractivity contribution < 1.29 is 31.1 Å². The van der Waals surface area contributed by atoms with Gasteiger partial charge in [-0.1, -0.05) is 17.7 Å². The Bertz CT molecular complexity index is 1540. The van der Waals surface area contributed by atoms with Crippen LogP contribution in [0.5, 0.6) is 11.5 Å². The number of benzene rings is 3. The first-order valence-corrected chi connectivity index (χ1v) is 15.4. The van der Waals surface area contributed by atoms with Gasteiger partial charge in [-0.15, -0.1) is 0 Å². The molecule has 0 aliphatic heterocycles. The van der Waals surface area contributed by atoms with Crippen molar-refractivity contribution in [1.29, 1.82) is 0 Å². The molecule has 39 heavy (non-hydrogen) atoms. The van der Waals surface area contributed by atoms with Crippen LogP contribution >= 0.6 is 11.6 Å². The van der Waals surface area contributed by atoms with Gasteiger partial charge >= 0.3 is 0 Å². The molecule has 0 heterocycles. The van der Waals surface area contributed by atoms with E-state index in [2.05, 4.69) is 10.0 Å². The number of aryl methyl sites for hydroxylation is 1. The predicted molar refractivity (Wildman–Crippen MR) is 153 cm³/mol. The van der Waals surface area contributed by atoms with E-state index in [1.54, 1.807) is 24.3 Å². The smallest absolute Gasteiger partial charge is 0.262 e. The number of nitrogens with zero attached hydrogens (tertiary/aromatic N) is 1. The maximum Gasteiger partial charge on any atom is 0.262 e. The Morgan fingerprint density at radius 2 is 1.56 bits per heavy atom. The molecule has 210 valence electrons. The Hall–Kier alpha value is -3.48. The van der Waals surface area contributed by atoms with Crippen LogP contribution in [0.15, 0.2) is 65.6 Å². The van der Waals surface area contributed by atoms with Crippen molar-refractivity contribution >= 4 is 54.6 Å². The summed E-state index contributed by atoms with van der Waals surface area (Å²) in [5.74, 6) is 0.449. The summed E-state index contributed by atoms with van der Waals surface area (Å²) in [6.07, 6.45) is 1.34. The summed E-state index contributed by atoms with van der Waals surface area (Å²) in [6, 6.07) is 15.5. The number of ether oxygens (including phenoxy) is 2. The number of sulfonamides is 2. The third kappa shape index (κ3) is 8.01. The number of anilines is 3. The molecule has 13 heteroatoms. The average molecular weight is 596 g/mol. The minimum absolute atomic E-state index is 0.00556. The van der Waals surface area contributed by atoms with E-state index in [1.807, 2.05) is 13.0 Å². The summed E-state index contributed by atoms with van der Waals surface area (Å²) < 4.78 is 64.4. The largest absolute Gasteiger partial charge is 0.495 e. The fourth-order valence-corrected chi connectivity index (χ4v) is 6.00. The zero-order valence-corrected chi connectivity index (χ0v) is 24.3. The highest BCUT2D eigenvalue weighted by atomic mass is 35.5. The van der Waals surface area contributed by atoms with Crippen LogP contribution in [0.4, 0.5) is 17.1 Å². The lowest BCUT2D eigenvalue weighted by atomic mass is 10.2. The molecule has 0 fully saturated rings. The van der Waals surface area contributed by atoms with Crippen molar-refractivity contribution in [2.45, 2.75) is 24.7 Å². The lowest BCUT2D eigenvalue weighted by molar-refractivity contribution is -0.116. The summed E-state index contributed by atoms with van der Waals surface area (Å²) >= 11 is 6.14. The monoisotopic (exact) mass is 595 g/mol. The Balaban J connectivity index is 1.61. The molecule has 0 aliphatic rings. The number of methoxy groups -OCH3 is 2. The van der Waals surface area contributed by atoms with Crippen molar-refractivity contribution in [3.63, 3.8) is 0 Å². The van der Waals surface area contributed by atoms with Gasteiger partial charge in [0.25, 0.3) is 10.0 Å². The molecule has 0 unspecified atom stereocenters. The number of halogens is 1. The Morgan fingerprint density at radius 3 is 2.15 bits per heavy atom. The molecular formula is C26H30ClN3O7S2. The van der Waals surface area contributed by atoms with E-state index in [-0.39, 0.29) is 35.2 Å². The zero-order chi connectivity index (χ0) is 28.8. The lowest BCUT2D eigenvalue weighted by Crippen LogP contribution is -2.31. The molecule has 10 nitrogen and oxygen atoms in total. The van der Waals surface area contributed by atoms with Crippen LogP contribution in [0.1, 0.15) is 18.4 Å². The van der Waals surface area contributed by atoms with E-state index in [0.29, 0.717) is 28.6 Å². The zero-order valence-electron chi connectivity index (χ0n) is 21.9. The van der Waals surface area contributed by atoms with Gasteiger partial charge in [-0.25, -0.2) is 16.8 Å². The minimum atomic E-state index is -3.90. The standard InChI is InChI=1S/C26H30ClN3O7S2/c1-18-7-13-25(37-3)23(16-18)29-39(34,35)21-11-8-19(9-12-21)28-26(31)6-5-15-30(38(4,32)33)20-10-14-24(36-2)22(27)17-20/h7-14,16-17,29H,5-6,15H2,1-4H3,(H,28,31). The van der Waals surface area contributed by atoms with Gasteiger partial charge in [-0.3, -0.25) is 13.8 Å². The van der Waals surface area contributed by atoms with Crippen LogP contribution in [-0.2, 0) is 24.8 Å². The van der Waals surface area contributed by atoms with Gasteiger partial charge in [-0.05, 0) is 73.5 Å². The molecule has 0 saturated heterocycles. The number of nitrogens with one attached hydrogen (secondary N) is 2. The first kappa shape index (κ1) is 30.1. The van der Waals surface area contributed by atoms with Gasteiger partial charge in [0.1, 0.15) is 11.5 Å². The SMILES string of the molecule is COc1ccc(N(CCCC(=O)Nc2ccc(S(=O)(=O)Nc3cc(C)ccc3OC)cc2)S(C)(=O)=O)cc1Cl. The molecule has 0 atom stereocenters. The van der Waals surface area contributed by atoms with Crippen LogP contribution in [0.3, 0.4) is 0 Å². The van der Waals surface area contributed by atoms with Crippen LogP contribution < -0.4 is 23.8 Å². The number of carbonyl (C=O) groups is 1. The van der Waals surface area contributed by atoms with Crippen LogP contribution in [0.2, 0.25) is 5.02 Å². The van der Waals surface area contributed by atoms with Gasteiger partial charge in [-0.2, -0.15) is 0 Å². The molecule has 3 aromatic carbocycles. The maximum absolute atomic E-state index is 12.9. The molecular weight excluding hydrogens is 566 g/mol. The summed E-state index contributed by atoms with van der Waals surface area (Å²) in [7, 11) is -4.62. The Labute approximate surface area is 234 Å². The number of rotatable bonds is 12. The van der Waals surface area contributed by atoms with Crippen molar-refractivity contribution in [3.05, 3.63) is 71.2 Å². The topological polar surface area (TPSA) is 131 Å². The van der Waals surface area contributed by atoms with Gasteiger partial charge in [0, 0.05) is 18.7 Å². The van der Waals surface area contributed by atoms with Crippen molar-refractivity contribution in [1.82, 2.24) is 0 Å². The van der Waals surface area contributed by atoms with Gasteiger partial charge in [0.15, 0.2) is 0 Å². The normalized spacial score (nSPS) is 11.5.